The summed E-state index contributed by atoms with van der Waals surface area (Å²) in [6.45, 7) is 2.16. The van der Waals surface area contributed by atoms with Crippen molar-refractivity contribution in [3.05, 3.63) is 65.2 Å². The van der Waals surface area contributed by atoms with Gasteiger partial charge in [-0.1, -0.05) is 30.9 Å². The normalized spacial score (nSPS) is 14.3. The number of Topliss-reactive ketones (excluding diaryl/α,β-unsaturated/α-hetero) is 1. The molecule has 2 aromatic carbocycles. The van der Waals surface area contributed by atoms with E-state index in [0.29, 0.717) is 24.0 Å². The minimum atomic E-state index is 0.373. The zero-order chi connectivity index (χ0) is 17.6. The maximum atomic E-state index is 11.9. The Labute approximate surface area is 150 Å². The molecule has 1 aliphatic carbocycles. The first kappa shape index (κ1) is 17.3. The van der Waals surface area contributed by atoms with Gasteiger partial charge in [-0.05, 0) is 67.1 Å². The Morgan fingerprint density at radius 2 is 1.60 bits per heavy atom. The van der Waals surface area contributed by atoms with Gasteiger partial charge in [-0.3, -0.25) is 4.79 Å². The Bertz CT molecular complexity index is 772. The third-order valence-electron chi connectivity index (χ3n) is 4.56. The molecule has 0 bridgehead atoms. The standard InChI is InChI=1S/C23H24O2/c1-17(16-23(24)21-11-12-21)15-20-7-5-18(6-8-20)3-4-19-9-13-22(25-2)14-10-19/h5-10,13-14,17,21H,11-12,15-16H2,1-2H3. The van der Waals surface area contributed by atoms with Crippen molar-refractivity contribution in [2.75, 3.05) is 7.11 Å². The Kier molecular flexibility index (Phi) is 5.56. The molecule has 1 atom stereocenters. The number of carbonyl (C=O) groups is 1. The van der Waals surface area contributed by atoms with Gasteiger partial charge in [-0.15, -0.1) is 0 Å². The van der Waals surface area contributed by atoms with Crippen LogP contribution in [0.25, 0.3) is 0 Å². The molecule has 0 heterocycles. The monoisotopic (exact) mass is 332 g/mol. The Balaban J connectivity index is 1.56. The van der Waals surface area contributed by atoms with E-state index in [9.17, 15) is 4.79 Å². The predicted octanol–water partition coefficient (Wildman–Crippen LogP) is 4.64. The van der Waals surface area contributed by atoms with Crippen molar-refractivity contribution < 1.29 is 9.53 Å². The first-order valence-electron chi connectivity index (χ1n) is 8.92. The topological polar surface area (TPSA) is 26.3 Å². The van der Waals surface area contributed by atoms with Crippen LogP contribution in [0.5, 0.6) is 5.75 Å². The Morgan fingerprint density at radius 1 is 1.04 bits per heavy atom. The van der Waals surface area contributed by atoms with Gasteiger partial charge in [0.25, 0.3) is 0 Å². The molecule has 3 rings (SSSR count). The summed E-state index contributed by atoms with van der Waals surface area (Å²) in [5, 5.41) is 0. The SMILES string of the molecule is COc1ccc(C#Cc2ccc(CC(C)CC(=O)C3CC3)cc2)cc1. The highest BCUT2D eigenvalue weighted by atomic mass is 16.5. The number of methoxy groups -OCH3 is 1. The maximum Gasteiger partial charge on any atom is 0.136 e. The van der Waals surface area contributed by atoms with Crippen LogP contribution in [0.1, 0.15) is 42.9 Å². The summed E-state index contributed by atoms with van der Waals surface area (Å²) < 4.78 is 5.15. The average molecular weight is 332 g/mol. The minimum Gasteiger partial charge on any atom is -0.497 e. The number of hydrogen-bond donors (Lipinski definition) is 0. The van der Waals surface area contributed by atoms with E-state index in [-0.39, 0.29) is 0 Å². The van der Waals surface area contributed by atoms with Crippen LogP contribution in [-0.2, 0) is 11.2 Å². The smallest absolute Gasteiger partial charge is 0.136 e. The molecule has 0 amide bonds. The molecule has 1 aliphatic rings. The lowest BCUT2D eigenvalue weighted by molar-refractivity contribution is -0.121. The number of rotatable bonds is 6. The summed E-state index contributed by atoms with van der Waals surface area (Å²) in [5.41, 5.74) is 3.24. The van der Waals surface area contributed by atoms with Gasteiger partial charge >= 0.3 is 0 Å². The third-order valence-corrected chi connectivity index (χ3v) is 4.56. The van der Waals surface area contributed by atoms with Crippen molar-refractivity contribution in [3.63, 3.8) is 0 Å². The van der Waals surface area contributed by atoms with Gasteiger partial charge in [0.15, 0.2) is 0 Å². The third kappa shape index (κ3) is 5.22. The maximum absolute atomic E-state index is 11.9. The molecule has 1 fully saturated rings. The van der Waals surface area contributed by atoms with Gasteiger partial charge in [0.2, 0.25) is 0 Å². The molecule has 25 heavy (non-hydrogen) atoms. The molecule has 2 nitrogen and oxygen atoms in total. The zero-order valence-electron chi connectivity index (χ0n) is 14.9. The fourth-order valence-electron chi connectivity index (χ4n) is 2.93. The molecule has 1 saturated carbocycles. The highest BCUT2D eigenvalue weighted by molar-refractivity contribution is 5.83. The molecule has 2 heteroatoms. The number of benzene rings is 2. The Hall–Kier alpha value is -2.53. The van der Waals surface area contributed by atoms with Crippen molar-refractivity contribution in [2.24, 2.45) is 11.8 Å². The molecule has 0 aliphatic heterocycles. The lowest BCUT2D eigenvalue weighted by atomic mass is 9.94. The molecule has 0 aromatic heterocycles. The van der Waals surface area contributed by atoms with Gasteiger partial charge in [0.05, 0.1) is 7.11 Å². The Morgan fingerprint density at radius 3 is 2.12 bits per heavy atom. The van der Waals surface area contributed by atoms with E-state index in [1.165, 1.54) is 5.56 Å². The molecule has 128 valence electrons. The number of ether oxygens (including phenoxy) is 1. The molecule has 0 spiro atoms. The fraction of sp³-hybridized carbons (Fsp3) is 0.348. The summed E-state index contributed by atoms with van der Waals surface area (Å²) in [4.78, 5) is 11.9. The molecular formula is C23H24O2. The lowest BCUT2D eigenvalue weighted by Gasteiger charge is -2.10. The van der Waals surface area contributed by atoms with Crippen LogP contribution < -0.4 is 4.74 Å². The largest absolute Gasteiger partial charge is 0.497 e. The molecule has 0 N–H and O–H groups in total. The van der Waals surface area contributed by atoms with Gasteiger partial charge in [0, 0.05) is 23.5 Å². The second kappa shape index (κ2) is 8.03. The van der Waals surface area contributed by atoms with Crippen LogP contribution in [0.4, 0.5) is 0 Å². The summed E-state index contributed by atoms with van der Waals surface area (Å²) in [7, 11) is 1.66. The summed E-state index contributed by atoms with van der Waals surface area (Å²) >= 11 is 0. The highest BCUT2D eigenvalue weighted by Gasteiger charge is 2.29. The second-order valence-electron chi connectivity index (χ2n) is 6.93. The van der Waals surface area contributed by atoms with E-state index in [2.05, 4.69) is 43.0 Å². The minimum absolute atomic E-state index is 0.373. The fourth-order valence-corrected chi connectivity index (χ4v) is 2.93. The van der Waals surface area contributed by atoms with Gasteiger partial charge in [0.1, 0.15) is 11.5 Å². The van der Waals surface area contributed by atoms with Crippen LogP contribution in [0.2, 0.25) is 0 Å². The van der Waals surface area contributed by atoms with E-state index in [1.807, 2.05) is 24.3 Å². The number of hydrogen-bond acceptors (Lipinski definition) is 2. The molecule has 0 radical (unpaired) electrons. The average Bonchev–Trinajstić information content (AvgIpc) is 3.47. The van der Waals surface area contributed by atoms with Crippen LogP contribution in [0, 0.1) is 23.7 Å². The predicted molar refractivity (Wildman–Crippen MR) is 101 cm³/mol. The van der Waals surface area contributed by atoms with Crippen LogP contribution in [-0.4, -0.2) is 12.9 Å². The number of ketones is 1. The lowest BCUT2D eigenvalue weighted by Crippen LogP contribution is -2.09. The quantitative estimate of drug-likeness (QED) is 0.720. The van der Waals surface area contributed by atoms with Crippen LogP contribution in [0.3, 0.4) is 0 Å². The van der Waals surface area contributed by atoms with Crippen LogP contribution in [0.15, 0.2) is 48.5 Å². The van der Waals surface area contributed by atoms with Gasteiger partial charge < -0.3 is 4.74 Å². The summed E-state index contributed by atoms with van der Waals surface area (Å²) in [6, 6.07) is 16.1. The van der Waals surface area contributed by atoms with Crippen molar-refractivity contribution in [1.29, 1.82) is 0 Å². The highest BCUT2D eigenvalue weighted by Crippen LogP contribution is 2.32. The van der Waals surface area contributed by atoms with Crippen LogP contribution >= 0.6 is 0 Å². The second-order valence-corrected chi connectivity index (χ2v) is 6.93. The molecular weight excluding hydrogens is 308 g/mol. The van der Waals surface area contributed by atoms with Gasteiger partial charge in [-0.25, -0.2) is 0 Å². The van der Waals surface area contributed by atoms with Crippen molar-refractivity contribution in [1.82, 2.24) is 0 Å². The first-order chi connectivity index (χ1) is 12.1. The number of carbonyl (C=O) groups excluding carboxylic acids is 1. The van der Waals surface area contributed by atoms with Crippen molar-refractivity contribution in [2.45, 2.75) is 32.6 Å². The van der Waals surface area contributed by atoms with Crippen molar-refractivity contribution in [3.8, 4) is 17.6 Å². The van der Waals surface area contributed by atoms with Gasteiger partial charge in [-0.2, -0.15) is 0 Å². The van der Waals surface area contributed by atoms with Crippen molar-refractivity contribution >= 4 is 5.78 Å². The summed E-state index contributed by atoms with van der Waals surface area (Å²) in [5.74, 6) is 8.43. The summed E-state index contributed by atoms with van der Waals surface area (Å²) in [6.07, 6.45) is 3.87. The van der Waals surface area contributed by atoms with E-state index < -0.39 is 0 Å². The molecule has 1 unspecified atom stereocenters. The molecule has 0 saturated heterocycles. The first-order valence-corrected chi connectivity index (χ1v) is 8.92. The zero-order valence-corrected chi connectivity index (χ0v) is 14.9. The van der Waals surface area contributed by atoms with E-state index in [1.54, 1.807) is 7.11 Å². The van der Waals surface area contributed by atoms with E-state index in [4.69, 9.17) is 4.74 Å². The molecule has 2 aromatic rings. The van der Waals surface area contributed by atoms with E-state index in [0.717, 1.165) is 36.1 Å². The van der Waals surface area contributed by atoms with E-state index >= 15 is 0 Å².